The van der Waals surface area contributed by atoms with E-state index in [-0.39, 0.29) is 0 Å². The minimum absolute atomic E-state index is 0.403. The van der Waals surface area contributed by atoms with Crippen molar-refractivity contribution < 1.29 is 0 Å². The lowest BCUT2D eigenvalue weighted by molar-refractivity contribution is 0.870. The smallest absolute Gasteiger partial charge is 0.0609 e. The van der Waals surface area contributed by atoms with Crippen LogP contribution in [0.3, 0.4) is 0 Å². The minimum atomic E-state index is 0.403. The van der Waals surface area contributed by atoms with E-state index in [1.54, 1.807) is 0 Å². The van der Waals surface area contributed by atoms with Gasteiger partial charge in [-0.2, -0.15) is 0 Å². The van der Waals surface area contributed by atoms with Crippen LogP contribution in [0.15, 0.2) is 122 Å². The number of aromatic nitrogens is 3. The van der Waals surface area contributed by atoms with Crippen molar-refractivity contribution in [1.82, 2.24) is 14.5 Å². The van der Waals surface area contributed by atoms with Crippen molar-refractivity contribution in [2.75, 3.05) is 0 Å². The summed E-state index contributed by atoms with van der Waals surface area (Å²) in [6.45, 7) is 4.54. The van der Waals surface area contributed by atoms with Crippen molar-refractivity contribution in [2.24, 2.45) is 0 Å². The van der Waals surface area contributed by atoms with Crippen LogP contribution >= 0.6 is 0 Å². The maximum absolute atomic E-state index is 4.37. The molecule has 6 rings (SSSR count). The van der Waals surface area contributed by atoms with E-state index in [9.17, 15) is 0 Å². The second kappa shape index (κ2) is 9.27. The molecule has 36 heavy (non-hydrogen) atoms. The zero-order chi connectivity index (χ0) is 24.5. The normalized spacial score (nSPS) is 11.3. The Morgan fingerprint density at radius 2 is 1.25 bits per heavy atom. The van der Waals surface area contributed by atoms with Crippen LogP contribution in [0.4, 0.5) is 0 Å². The molecule has 0 aliphatic carbocycles. The number of hydrogen-bond donors (Lipinski definition) is 0. The van der Waals surface area contributed by atoms with Gasteiger partial charge in [0.15, 0.2) is 0 Å². The van der Waals surface area contributed by atoms with Crippen molar-refractivity contribution >= 4 is 10.9 Å². The van der Waals surface area contributed by atoms with Gasteiger partial charge in [0.25, 0.3) is 0 Å². The summed E-state index contributed by atoms with van der Waals surface area (Å²) in [4.78, 5) is 8.74. The van der Waals surface area contributed by atoms with Crippen LogP contribution < -0.4 is 0 Å². The van der Waals surface area contributed by atoms with Gasteiger partial charge in [0.05, 0.1) is 5.52 Å². The molecule has 3 heteroatoms. The maximum Gasteiger partial charge on any atom is 0.0609 e. The summed E-state index contributed by atoms with van der Waals surface area (Å²) in [7, 11) is 0. The Morgan fingerprint density at radius 1 is 0.611 bits per heavy atom. The molecule has 0 fully saturated rings. The summed E-state index contributed by atoms with van der Waals surface area (Å²) in [5.74, 6) is 0.403. The number of pyridine rings is 2. The number of benzene rings is 3. The van der Waals surface area contributed by atoms with Gasteiger partial charge in [0, 0.05) is 58.7 Å². The molecular formula is C33H27N3. The van der Waals surface area contributed by atoms with Gasteiger partial charge < -0.3 is 4.57 Å². The average molecular weight is 466 g/mol. The molecule has 0 aliphatic heterocycles. The van der Waals surface area contributed by atoms with Crippen molar-refractivity contribution in [2.45, 2.75) is 19.8 Å². The van der Waals surface area contributed by atoms with E-state index in [2.05, 4.69) is 113 Å². The Bertz CT molecular complexity index is 1580. The third-order valence-corrected chi connectivity index (χ3v) is 6.76. The van der Waals surface area contributed by atoms with Gasteiger partial charge in [-0.3, -0.25) is 9.97 Å². The Kier molecular flexibility index (Phi) is 5.67. The first kappa shape index (κ1) is 22.0. The highest BCUT2D eigenvalue weighted by Crippen LogP contribution is 2.39. The molecule has 0 N–H and O–H groups in total. The van der Waals surface area contributed by atoms with Crippen LogP contribution in [0.2, 0.25) is 0 Å². The van der Waals surface area contributed by atoms with Crippen molar-refractivity contribution in [1.29, 1.82) is 0 Å². The second-order valence-corrected chi connectivity index (χ2v) is 9.43. The van der Waals surface area contributed by atoms with Gasteiger partial charge in [-0.1, -0.05) is 68.4 Å². The summed E-state index contributed by atoms with van der Waals surface area (Å²) in [5.41, 5.74) is 10.7. The van der Waals surface area contributed by atoms with Crippen LogP contribution in [0, 0.1) is 0 Å². The summed E-state index contributed by atoms with van der Waals surface area (Å²) in [6.07, 6.45) is 9.66. The van der Waals surface area contributed by atoms with Crippen LogP contribution in [0.25, 0.3) is 50.0 Å². The van der Waals surface area contributed by atoms with Gasteiger partial charge in [-0.05, 0) is 64.6 Å². The average Bonchev–Trinajstić information content (AvgIpc) is 3.38. The van der Waals surface area contributed by atoms with E-state index in [0.717, 1.165) is 27.9 Å². The van der Waals surface area contributed by atoms with Gasteiger partial charge >= 0.3 is 0 Å². The molecule has 0 aliphatic rings. The Balaban J connectivity index is 1.65. The molecule has 0 amide bonds. The van der Waals surface area contributed by atoms with Gasteiger partial charge in [-0.25, -0.2) is 0 Å². The number of fused-ring (bicyclic) bond motifs is 1. The van der Waals surface area contributed by atoms with E-state index in [1.165, 1.54) is 27.6 Å². The van der Waals surface area contributed by atoms with Crippen molar-refractivity contribution in [3.8, 4) is 39.1 Å². The third kappa shape index (κ3) is 3.99. The standard InChI is InChI=1S/C33H27N3/c1-23(2)31-13-12-25-14-17-36(33(25)32(31)24-8-4-3-5-9-24)30-19-28(26-10-6-15-34-21-26)18-29(20-30)27-11-7-16-35-22-27/h3-23H,1-2H3. The summed E-state index contributed by atoms with van der Waals surface area (Å²) in [6, 6.07) is 32.4. The molecule has 3 aromatic heterocycles. The predicted octanol–water partition coefficient (Wildman–Crippen LogP) is 8.54. The lowest BCUT2D eigenvalue weighted by Crippen LogP contribution is -1.99. The fourth-order valence-corrected chi connectivity index (χ4v) is 5.00. The molecule has 0 saturated carbocycles. The molecule has 3 nitrogen and oxygen atoms in total. The second-order valence-electron chi connectivity index (χ2n) is 9.43. The molecular weight excluding hydrogens is 438 g/mol. The quantitative estimate of drug-likeness (QED) is 0.255. The van der Waals surface area contributed by atoms with Gasteiger partial charge in [-0.15, -0.1) is 0 Å². The number of rotatable bonds is 5. The molecule has 0 atom stereocenters. The van der Waals surface area contributed by atoms with E-state index in [4.69, 9.17) is 0 Å². The molecule has 3 heterocycles. The Labute approximate surface area is 211 Å². The highest BCUT2D eigenvalue weighted by Gasteiger charge is 2.17. The Morgan fingerprint density at radius 3 is 1.83 bits per heavy atom. The number of hydrogen-bond acceptors (Lipinski definition) is 2. The zero-order valence-corrected chi connectivity index (χ0v) is 20.5. The van der Waals surface area contributed by atoms with E-state index in [1.807, 2.05) is 36.9 Å². The van der Waals surface area contributed by atoms with Gasteiger partial charge in [0.2, 0.25) is 0 Å². The zero-order valence-electron chi connectivity index (χ0n) is 20.5. The van der Waals surface area contributed by atoms with E-state index < -0.39 is 0 Å². The van der Waals surface area contributed by atoms with Crippen LogP contribution in [0.1, 0.15) is 25.3 Å². The summed E-state index contributed by atoms with van der Waals surface area (Å²) in [5, 5.41) is 1.23. The van der Waals surface area contributed by atoms with Crippen molar-refractivity contribution in [3.05, 3.63) is 128 Å². The molecule has 6 aromatic rings. The maximum atomic E-state index is 4.37. The summed E-state index contributed by atoms with van der Waals surface area (Å²) < 4.78 is 2.34. The highest BCUT2D eigenvalue weighted by atomic mass is 15.0. The highest BCUT2D eigenvalue weighted by molar-refractivity contribution is 5.98. The fraction of sp³-hybridized carbons (Fsp3) is 0.0909. The van der Waals surface area contributed by atoms with E-state index in [0.29, 0.717) is 5.92 Å². The molecule has 174 valence electrons. The third-order valence-electron chi connectivity index (χ3n) is 6.76. The molecule has 0 saturated heterocycles. The topological polar surface area (TPSA) is 30.7 Å². The van der Waals surface area contributed by atoms with Crippen LogP contribution in [0.5, 0.6) is 0 Å². The molecule has 3 aromatic carbocycles. The number of nitrogens with zero attached hydrogens (tertiary/aromatic N) is 3. The lowest BCUT2D eigenvalue weighted by Gasteiger charge is -2.18. The van der Waals surface area contributed by atoms with Crippen LogP contribution in [-0.4, -0.2) is 14.5 Å². The largest absolute Gasteiger partial charge is 0.316 e. The van der Waals surface area contributed by atoms with Crippen LogP contribution in [-0.2, 0) is 0 Å². The monoisotopic (exact) mass is 465 g/mol. The molecule has 0 spiro atoms. The molecule has 0 unspecified atom stereocenters. The van der Waals surface area contributed by atoms with Gasteiger partial charge in [0.1, 0.15) is 0 Å². The summed E-state index contributed by atoms with van der Waals surface area (Å²) >= 11 is 0. The SMILES string of the molecule is CC(C)c1ccc2ccn(-c3cc(-c4cccnc4)cc(-c4cccnc4)c3)c2c1-c1ccccc1. The minimum Gasteiger partial charge on any atom is -0.316 e. The first-order valence-electron chi connectivity index (χ1n) is 12.3. The Hall–Kier alpha value is -4.50. The predicted molar refractivity (Wildman–Crippen MR) is 149 cm³/mol. The fourth-order valence-electron chi connectivity index (χ4n) is 5.00. The lowest BCUT2D eigenvalue weighted by atomic mass is 9.90. The molecule has 0 bridgehead atoms. The van der Waals surface area contributed by atoms with Crippen molar-refractivity contribution in [3.63, 3.8) is 0 Å². The molecule has 0 radical (unpaired) electrons. The van der Waals surface area contributed by atoms with E-state index >= 15 is 0 Å². The first-order valence-corrected chi connectivity index (χ1v) is 12.3. The first-order chi connectivity index (χ1) is 17.7.